The zero-order valence-corrected chi connectivity index (χ0v) is 21.1. The highest BCUT2D eigenvalue weighted by molar-refractivity contribution is 7.19. The van der Waals surface area contributed by atoms with Crippen molar-refractivity contribution in [1.82, 2.24) is 29.5 Å². The molecule has 1 saturated heterocycles. The predicted octanol–water partition coefficient (Wildman–Crippen LogP) is 4.03. The SMILES string of the molecule is CN(C)C(=O)Nc1nc2c(s1)-c1c(c(-c3ccc(N)nc3)nn1C1CCN(C3CC3)CC1)CCC2. The molecule has 1 saturated carbocycles. The largest absolute Gasteiger partial charge is 0.384 e. The number of aryl methyl sites for hydroxylation is 1. The van der Waals surface area contributed by atoms with Crippen LogP contribution in [0.3, 0.4) is 0 Å². The standard InChI is InChI=1S/C25H32N8OS/c1-31(2)25(34)29-24-28-19-5-3-4-18-21(15-6-9-20(26)27-14-15)30-33(22(18)23(19)35-24)17-10-12-32(13-11-17)16-7-8-16/h6,9,14,16-17H,3-5,7-8,10-13H2,1-2H3,(H2,26,27)(H,28,29,34). The van der Waals surface area contributed by atoms with Gasteiger partial charge < -0.3 is 15.5 Å². The summed E-state index contributed by atoms with van der Waals surface area (Å²) in [5.74, 6) is 0.512. The number of piperidine rings is 1. The number of nitrogens with one attached hydrogen (secondary N) is 1. The van der Waals surface area contributed by atoms with E-state index >= 15 is 0 Å². The molecule has 3 N–H and O–H groups in total. The Balaban J connectivity index is 1.43. The normalized spacial score (nSPS) is 18.6. The number of aromatic nitrogens is 4. The maximum absolute atomic E-state index is 12.3. The van der Waals surface area contributed by atoms with Crippen LogP contribution in [0.15, 0.2) is 18.3 Å². The molecule has 0 aromatic carbocycles. The van der Waals surface area contributed by atoms with Crippen LogP contribution in [-0.2, 0) is 12.8 Å². The number of rotatable bonds is 4. The Labute approximate surface area is 209 Å². The van der Waals surface area contributed by atoms with E-state index in [0.29, 0.717) is 17.0 Å². The Morgan fingerprint density at radius 3 is 2.63 bits per heavy atom. The monoisotopic (exact) mass is 492 g/mol. The lowest BCUT2D eigenvalue weighted by Crippen LogP contribution is -2.36. The van der Waals surface area contributed by atoms with Crippen molar-refractivity contribution in [3.63, 3.8) is 0 Å². The van der Waals surface area contributed by atoms with Crippen LogP contribution in [0.4, 0.5) is 15.7 Å². The second-order valence-corrected chi connectivity index (χ2v) is 11.1. The van der Waals surface area contributed by atoms with Crippen LogP contribution < -0.4 is 11.1 Å². The lowest BCUT2D eigenvalue weighted by atomic mass is 10.0. The fourth-order valence-corrected chi connectivity index (χ4v) is 6.39. The molecule has 1 aliphatic heterocycles. The van der Waals surface area contributed by atoms with E-state index in [2.05, 4.69) is 19.9 Å². The number of thiazole rings is 1. The number of likely N-dealkylation sites (tertiary alicyclic amines) is 1. The summed E-state index contributed by atoms with van der Waals surface area (Å²) in [6.07, 6.45) is 9.55. The number of nitrogens with two attached hydrogens (primary N) is 1. The first-order valence-corrected chi connectivity index (χ1v) is 13.4. The van der Waals surface area contributed by atoms with Gasteiger partial charge in [-0.15, -0.1) is 0 Å². The predicted molar refractivity (Wildman–Crippen MR) is 139 cm³/mol. The van der Waals surface area contributed by atoms with Crippen molar-refractivity contribution in [3.05, 3.63) is 29.6 Å². The summed E-state index contributed by atoms with van der Waals surface area (Å²) in [4.78, 5) is 26.8. The first kappa shape index (κ1) is 22.5. The molecule has 0 spiro atoms. The van der Waals surface area contributed by atoms with E-state index in [-0.39, 0.29) is 6.03 Å². The summed E-state index contributed by atoms with van der Waals surface area (Å²) in [6, 6.07) is 4.86. The first-order chi connectivity index (χ1) is 17.0. The molecule has 9 nitrogen and oxygen atoms in total. The van der Waals surface area contributed by atoms with E-state index in [1.165, 1.54) is 29.0 Å². The van der Waals surface area contributed by atoms with E-state index < -0.39 is 0 Å². The van der Waals surface area contributed by atoms with Gasteiger partial charge in [0.05, 0.1) is 28.0 Å². The maximum atomic E-state index is 12.3. The van der Waals surface area contributed by atoms with Gasteiger partial charge in [0.15, 0.2) is 5.13 Å². The van der Waals surface area contributed by atoms with Crippen molar-refractivity contribution in [3.8, 4) is 21.8 Å². The number of hydrogen-bond donors (Lipinski definition) is 2. The summed E-state index contributed by atoms with van der Waals surface area (Å²) >= 11 is 1.57. The fourth-order valence-electron chi connectivity index (χ4n) is 5.32. The zero-order valence-electron chi connectivity index (χ0n) is 20.3. The molecule has 3 aromatic heterocycles. The molecule has 3 aliphatic rings. The minimum Gasteiger partial charge on any atom is -0.384 e. The Hall–Kier alpha value is -2.98. The molecule has 35 heavy (non-hydrogen) atoms. The van der Waals surface area contributed by atoms with Gasteiger partial charge in [0.25, 0.3) is 0 Å². The van der Waals surface area contributed by atoms with Crippen molar-refractivity contribution in [1.29, 1.82) is 0 Å². The van der Waals surface area contributed by atoms with Crippen LogP contribution in [0.1, 0.15) is 49.4 Å². The van der Waals surface area contributed by atoms with E-state index in [0.717, 1.165) is 73.1 Å². The van der Waals surface area contributed by atoms with Crippen LogP contribution in [0, 0.1) is 0 Å². The average Bonchev–Trinajstić information content (AvgIpc) is 3.57. The number of urea groups is 1. The molecular weight excluding hydrogens is 460 g/mol. The van der Waals surface area contributed by atoms with Gasteiger partial charge >= 0.3 is 6.03 Å². The van der Waals surface area contributed by atoms with E-state index in [9.17, 15) is 4.79 Å². The molecular formula is C25H32N8OS. The quantitative estimate of drug-likeness (QED) is 0.570. The molecule has 6 rings (SSSR count). The van der Waals surface area contributed by atoms with E-state index in [1.807, 2.05) is 18.3 Å². The molecule has 2 aliphatic carbocycles. The first-order valence-electron chi connectivity index (χ1n) is 12.5. The third-order valence-electron chi connectivity index (χ3n) is 7.35. The van der Waals surface area contributed by atoms with Gasteiger partial charge in [-0.3, -0.25) is 10.00 Å². The molecule has 3 aromatic rings. The van der Waals surface area contributed by atoms with Crippen molar-refractivity contribution in [2.75, 3.05) is 38.2 Å². The fraction of sp³-hybridized carbons (Fsp3) is 0.520. The number of pyridine rings is 1. The number of hydrogen-bond acceptors (Lipinski definition) is 7. The molecule has 10 heteroatoms. The van der Waals surface area contributed by atoms with Gasteiger partial charge in [-0.2, -0.15) is 5.10 Å². The number of nitrogens with zero attached hydrogens (tertiary/aromatic N) is 6. The van der Waals surface area contributed by atoms with Gasteiger partial charge in [-0.25, -0.2) is 14.8 Å². The number of anilines is 2. The third-order valence-corrected chi connectivity index (χ3v) is 8.37. The summed E-state index contributed by atoms with van der Waals surface area (Å²) < 4.78 is 2.28. The highest BCUT2D eigenvalue weighted by atomic mass is 32.1. The van der Waals surface area contributed by atoms with Crippen LogP contribution in [0.5, 0.6) is 0 Å². The zero-order chi connectivity index (χ0) is 24.1. The molecule has 2 amide bonds. The summed E-state index contributed by atoms with van der Waals surface area (Å²) in [6.45, 7) is 2.25. The highest BCUT2D eigenvalue weighted by Crippen LogP contribution is 2.44. The van der Waals surface area contributed by atoms with Crippen molar-refractivity contribution >= 4 is 28.3 Å². The van der Waals surface area contributed by atoms with Gasteiger partial charge in [-0.1, -0.05) is 11.3 Å². The molecule has 0 radical (unpaired) electrons. The van der Waals surface area contributed by atoms with E-state index in [1.54, 1.807) is 25.4 Å². The van der Waals surface area contributed by atoms with E-state index in [4.69, 9.17) is 15.8 Å². The Morgan fingerprint density at radius 2 is 1.94 bits per heavy atom. The number of carbonyl (C=O) groups is 1. The van der Waals surface area contributed by atoms with Crippen molar-refractivity contribution < 1.29 is 4.79 Å². The smallest absolute Gasteiger partial charge is 0.323 e. The number of amides is 2. The minimum absolute atomic E-state index is 0.163. The Kier molecular flexibility index (Phi) is 5.72. The summed E-state index contributed by atoms with van der Waals surface area (Å²) in [5, 5.41) is 8.84. The van der Waals surface area contributed by atoms with Crippen LogP contribution in [-0.4, -0.2) is 68.8 Å². The maximum Gasteiger partial charge on any atom is 0.323 e. The van der Waals surface area contributed by atoms with Gasteiger partial charge in [0.2, 0.25) is 0 Å². The van der Waals surface area contributed by atoms with Crippen LogP contribution in [0.2, 0.25) is 0 Å². The van der Waals surface area contributed by atoms with Crippen molar-refractivity contribution in [2.24, 2.45) is 0 Å². The molecule has 2 fully saturated rings. The average molecular weight is 493 g/mol. The Bertz CT molecular complexity index is 1240. The number of nitrogen functional groups attached to an aromatic ring is 1. The molecule has 0 atom stereocenters. The highest BCUT2D eigenvalue weighted by Gasteiger charge is 2.35. The molecule has 184 valence electrons. The second kappa shape index (κ2) is 8.91. The molecule has 0 unspecified atom stereocenters. The topological polar surface area (TPSA) is 105 Å². The Morgan fingerprint density at radius 1 is 1.14 bits per heavy atom. The lowest BCUT2D eigenvalue weighted by molar-refractivity contribution is 0.173. The second-order valence-electron chi connectivity index (χ2n) is 10.1. The van der Waals surface area contributed by atoms with Gasteiger partial charge in [0, 0.05) is 50.6 Å². The minimum atomic E-state index is -0.163. The van der Waals surface area contributed by atoms with Crippen LogP contribution >= 0.6 is 11.3 Å². The molecule has 0 bridgehead atoms. The van der Waals surface area contributed by atoms with Gasteiger partial charge in [0.1, 0.15) is 5.82 Å². The van der Waals surface area contributed by atoms with Gasteiger partial charge in [-0.05, 0) is 57.1 Å². The summed E-state index contributed by atoms with van der Waals surface area (Å²) in [5.41, 5.74) is 11.4. The number of fused-ring (bicyclic) bond motifs is 3. The lowest BCUT2D eigenvalue weighted by Gasteiger charge is -2.32. The molecule has 4 heterocycles. The van der Waals surface area contributed by atoms with Crippen molar-refractivity contribution in [2.45, 2.75) is 57.0 Å². The number of carbonyl (C=O) groups excluding carboxylic acids is 1. The third kappa shape index (κ3) is 4.29. The van der Waals surface area contributed by atoms with Crippen LogP contribution in [0.25, 0.3) is 21.8 Å². The summed E-state index contributed by atoms with van der Waals surface area (Å²) in [7, 11) is 3.48.